The summed E-state index contributed by atoms with van der Waals surface area (Å²) in [4.78, 5) is 4.17. The van der Waals surface area contributed by atoms with Gasteiger partial charge in [-0.1, -0.05) is 19.8 Å². The number of rotatable bonds is 5. The van der Waals surface area contributed by atoms with E-state index in [0.717, 1.165) is 12.2 Å². The Bertz CT molecular complexity index is 355. The van der Waals surface area contributed by atoms with E-state index >= 15 is 0 Å². The summed E-state index contributed by atoms with van der Waals surface area (Å²) in [5.41, 5.74) is 7.26. The summed E-state index contributed by atoms with van der Waals surface area (Å²) in [6.45, 7) is 3.24. The van der Waals surface area contributed by atoms with Crippen LogP contribution in [0.4, 0.5) is 0 Å². The Hall–Kier alpha value is -0.870. The molecule has 3 N–H and O–H groups in total. The molecule has 1 saturated carbocycles. The highest BCUT2D eigenvalue weighted by atomic mass is 16.3. The van der Waals surface area contributed by atoms with E-state index in [1.54, 1.807) is 6.20 Å². The molecule has 17 heavy (non-hydrogen) atoms. The summed E-state index contributed by atoms with van der Waals surface area (Å²) in [7, 11) is 0. The van der Waals surface area contributed by atoms with Gasteiger partial charge >= 0.3 is 0 Å². The molecule has 1 unspecified atom stereocenters. The number of aliphatic hydroxyl groups is 1. The van der Waals surface area contributed by atoms with E-state index in [1.165, 1.54) is 32.1 Å². The Morgan fingerprint density at radius 1 is 1.53 bits per heavy atom. The average Bonchev–Trinajstić information content (AvgIpc) is 2.98. The maximum atomic E-state index is 9.15. The minimum Gasteiger partial charge on any atom is -0.394 e. The van der Waals surface area contributed by atoms with Gasteiger partial charge in [0.25, 0.3) is 0 Å². The van der Waals surface area contributed by atoms with Gasteiger partial charge in [-0.15, -0.1) is 0 Å². The van der Waals surface area contributed by atoms with Crippen molar-refractivity contribution < 1.29 is 5.11 Å². The van der Waals surface area contributed by atoms with Crippen LogP contribution in [0.3, 0.4) is 0 Å². The van der Waals surface area contributed by atoms with E-state index in [4.69, 9.17) is 10.8 Å². The first-order valence-electron chi connectivity index (χ1n) is 6.57. The molecule has 2 rings (SSSR count). The molecule has 96 valence electrons. The lowest BCUT2D eigenvalue weighted by Crippen LogP contribution is -2.26. The van der Waals surface area contributed by atoms with Crippen LogP contribution >= 0.6 is 0 Å². The molecular formula is C13H23N3O. The number of hydrogen-bond donors (Lipinski definition) is 2. The zero-order valence-electron chi connectivity index (χ0n) is 10.6. The molecule has 1 aromatic rings. The fourth-order valence-corrected chi connectivity index (χ4v) is 2.98. The number of aliphatic hydroxyl groups excluding tert-OH is 1. The summed E-state index contributed by atoms with van der Waals surface area (Å²) in [5, 5.41) is 9.15. The van der Waals surface area contributed by atoms with Crippen LogP contribution in [0.1, 0.15) is 50.8 Å². The Kier molecular flexibility index (Phi) is 3.84. The Morgan fingerprint density at radius 3 is 2.82 bits per heavy atom. The SMILES string of the molecule is CCC1(Cn2cncc2C(N)CO)CCCC1. The van der Waals surface area contributed by atoms with Crippen LogP contribution in [0.25, 0.3) is 0 Å². The summed E-state index contributed by atoms with van der Waals surface area (Å²) in [6.07, 6.45) is 10.1. The minimum atomic E-state index is -0.312. The second-order valence-electron chi connectivity index (χ2n) is 5.30. The van der Waals surface area contributed by atoms with E-state index in [9.17, 15) is 0 Å². The first-order valence-corrected chi connectivity index (χ1v) is 6.57. The van der Waals surface area contributed by atoms with Crippen molar-refractivity contribution in [1.82, 2.24) is 9.55 Å². The molecule has 0 saturated heterocycles. The van der Waals surface area contributed by atoms with Crippen LogP contribution in [0.5, 0.6) is 0 Å². The molecular weight excluding hydrogens is 214 g/mol. The number of nitrogens with zero attached hydrogens (tertiary/aromatic N) is 2. The largest absolute Gasteiger partial charge is 0.394 e. The number of hydrogen-bond acceptors (Lipinski definition) is 3. The summed E-state index contributed by atoms with van der Waals surface area (Å²) >= 11 is 0. The van der Waals surface area contributed by atoms with E-state index in [-0.39, 0.29) is 12.6 Å². The van der Waals surface area contributed by atoms with Crippen molar-refractivity contribution in [2.45, 2.75) is 51.6 Å². The van der Waals surface area contributed by atoms with E-state index in [0.29, 0.717) is 5.41 Å². The lowest BCUT2D eigenvalue weighted by atomic mass is 9.83. The maximum absolute atomic E-state index is 9.15. The van der Waals surface area contributed by atoms with Gasteiger partial charge in [0, 0.05) is 12.7 Å². The van der Waals surface area contributed by atoms with Gasteiger partial charge in [0.15, 0.2) is 0 Å². The zero-order valence-corrected chi connectivity index (χ0v) is 10.6. The predicted octanol–water partition coefficient (Wildman–Crippen LogP) is 1.85. The van der Waals surface area contributed by atoms with Crippen molar-refractivity contribution in [1.29, 1.82) is 0 Å². The molecule has 1 atom stereocenters. The summed E-state index contributed by atoms with van der Waals surface area (Å²) < 4.78 is 2.13. The van der Waals surface area contributed by atoms with Gasteiger partial charge in [0.1, 0.15) is 0 Å². The van der Waals surface area contributed by atoms with Gasteiger partial charge in [-0.3, -0.25) is 0 Å². The molecule has 0 amide bonds. The standard InChI is InChI=1S/C13H23N3O/c1-2-13(5-3-4-6-13)9-16-10-15-7-12(16)11(14)8-17/h7,10-11,17H,2-6,8-9,14H2,1H3. The van der Waals surface area contributed by atoms with E-state index < -0.39 is 0 Å². The number of imidazole rings is 1. The molecule has 1 aliphatic carbocycles. The monoisotopic (exact) mass is 237 g/mol. The Balaban J connectivity index is 2.15. The minimum absolute atomic E-state index is 0.0230. The van der Waals surface area contributed by atoms with Crippen LogP contribution in [0.15, 0.2) is 12.5 Å². The molecule has 1 aromatic heterocycles. The summed E-state index contributed by atoms with van der Waals surface area (Å²) in [6, 6.07) is -0.312. The van der Waals surface area contributed by atoms with Crippen molar-refractivity contribution in [2.24, 2.45) is 11.1 Å². The zero-order chi connectivity index (χ0) is 12.3. The molecule has 0 spiro atoms. The molecule has 1 aliphatic rings. The van der Waals surface area contributed by atoms with Gasteiger partial charge in [0.05, 0.1) is 24.7 Å². The highest BCUT2D eigenvalue weighted by molar-refractivity contribution is 5.05. The molecule has 0 aromatic carbocycles. The normalized spacial score (nSPS) is 20.6. The third kappa shape index (κ3) is 2.53. The van der Waals surface area contributed by atoms with Gasteiger partial charge in [-0.05, 0) is 24.7 Å². The molecule has 0 radical (unpaired) electrons. The van der Waals surface area contributed by atoms with Crippen LogP contribution < -0.4 is 5.73 Å². The Labute approximate surface area is 103 Å². The first-order chi connectivity index (χ1) is 8.21. The van der Waals surface area contributed by atoms with Crippen LogP contribution in [0.2, 0.25) is 0 Å². The first kappa shape index (κ1) is 12.6. The third-order valence-electron chi connectivity index (χ3n) is 4.24. The van der Waals surface area contributed by atoms with Crippen LogP contribution in [-0.2, 0) is 6.54 Å². The van der Waals surface area contributed by atoms with Gasteiger partial charge in [0.2, 0.25) is 0 Å². The van der Waals surface area contributed by atoms with E-state index in [1.807, 2.05) is 6.33 Å². The lowest BCUT2D eigenvalue weighted by molar-refractivity contribution is 0.224. The average molecular weight is 237 g/mol. The van der Waals surface area contributed by atoms with Gasteiger partial charge < -0.3 is 15.4 Å². The second-order valence-corrected chi connectivity index (χ2v) is 5.30. The predicted molar refractivity (Wildman–Crippen MR) is 67.4 cm³/mol. The topological polar surface area (TPSA) is 64.1 Å². The maximum Gasteiger partial charge on any atom is 0.0948 e. The highest BCUT2D eigenvalue weighted by Crippen LogP contribution is 2.42. The van der Waals surface area contributed by atoms with Gasteiger partial charge in [-0.25, -0.2) is 4.98 Å². The van der Waals surface area contributed by atoms with Crippen LogP contribution in [-0.4, -0.2) is 21.3 Å². The molecule has 0 bridgehead atoms. The molecule has 1 heterocycles. The molecule has 1 fully saturated rings. The fourth-order valence-electron chi connectivity index (χ4n) is 2.98. The number of aromatic nitrogens is 2. The van der Waals surface area contributed by atoms with Crippen molar-refractivity contribution >= 4 is 0 Å². The van der Waals surface area contributed by atoms with Crippen molar-refractivity contribution in [3.8, 4) is 0 Å². The molecule has 0 aliphatic heterocycles. The van der Waals surface area contributed by atoms with Crippen molar-refractivity contribution in [3.05, 3.63) is 18.2 Å². The lowest BCUT2D eigenvalue weighted by Gasteiger charge is -2.29. The van der Waals surface area contributed by atoms with Crippen molar-refractivity contribution in [3.63, 3.8) is 0 Å². The van der Waals surface area contributed by atoms with Crippen molar-refractivity contribution in [2.75, 3.05) is 6.61 Å². The van der Waals surface area contributed by atoms with Gasteiger partial charge in [-0.2, -0.15) is 0 Å². The quantitative estimate of drug-likeness (QED) is 0.821. The smallest absolute Gasteiger partial charge is 0.0948 e. The fraction of sp³-hybridized carbons (Fsp3) is 0.769. The Morgan fingerprint density at radius 2 is 2.24 bits per heavy atom. The van der Waals surface area contributed by atoms with E-state index in [2.05, 4.69) is 16.5 Å². The van der Waals surface area contributed by atoms with Crippen LogP contribution in [0, 0.1) is 5.41 Å². The highest BCUT2D eigenvalue weighted by Gasteiger charge is 2.33. The second kappa shape index (κ2) is 5.19. The molecule has 4 heteroatoms. The molecule has 4 nitrogen and oxygen atoms in total. The summed E-state index contributed by atoms with van der Waals surface area (Å²) in [5.74, 6) is 0. The third-order valence-corrected chi connectivity index (χ3v) is 4.24. The number of nitrogens with two attached hydrogens (primary N) is 1.